The molecule has 2 N–H and O–H groups in total. The highest BCUT2D eigenvalue weighted by Gasteiger charge is 2.12. The van der Waals surface area contributed by atoms with Crippen LogP contribution in [0, 0.1) is 6.92 Å². The molecule has 0 bridgehead atoms. The summed E-state index contributed by atoms with van der Waals surface area (Å²) >= 11 is 4.97. The van der Waals surface area contributed by atoms with Crippen LogP contribution in [-0.4, -0.2) is 17.9 Å². The lowest BCUT2D eigenvalue weighted by Crippen LogP contribution is -2.28. The molecule has 0 aliphatic carbocycles. The van der Waals surface area contributed by atoms with E-state index in [1.54, 1.807) is 11.9 Å². The third kappa shape index (κ3) is 3.89. The van der Waals surface area contributed by atoms with Crippen molar-refractivity contribution in [1.82, 2.24) is 0 Å². The highest BCUT2D eigenvalue weighted by molar-refractivity contribution is 7.80. The normalized spacial score (nSPS) is 10.2. The van der Waals surface area contributed by atoms with Gasteiger partial charge >= 0.3 is 0 Å². The van der Waals surface area contributed by atoms with E-state index in [9.17, 15) is 4.79 Å². The Bertz CT molecular complexity index is 665. The molecule has 21 heavy (non-hydrogen) atoms. The van der Waals surface area contributed by atoms with Gasteiger partial charge in [-0.25, -0.2) is 0 Å². The number of hydrogen-bond acceptors (Lipinski definition) is 2. The lowest BCUT2D eigenvalue weighted by molar-refractivity contribution is -0.117. The number of likely N-dealkylation sites (N-methyl/N-ethyl adjacent to an activating group) is 1. The Kier molecular flexibility index (Phi) is 4.70. The van der Waals surface area contributed by atoms with E-state index in [-0.39, 0.29) is 5.91 Å². The molecule has 108 valence electrons. The average molecular weight is 298 g/mol. The fourth-order valence-electron chi connectivity index (χ4n) is 2.01. The molecule has 0 saturated heterocycles. The van der Waals surface area contributed by atoms with E-state index in [1.807, 2.05) is 55.5 Å². The van der Waals surface area contributed by atoms with E-state index in [4.69, 9.17) is 18.0 Å². The topological polar surface area (TPSA) is 46.3 Å². The minimum Gasteiger partial charge on any atom is -0.389 e. The summed E-state index contributed by atoms with van der Waals surface area (Å²) in [5.74, 6) is 0.0268. The second-order valence-electron chi connectivity index (χ2n) is 5.03. The van der Waals surface area contributed by atoms with Crippen LogP contribution in [0.1, 0.15) is 16.7 Å². The van der Waals surface area contributed by atoms with E-state index >= 15 is 0 Å². The second-order valence-corrected chi connectivity index (χ2v) is 5.47. The zero-order valence-electron chi connectivity index (χ0n) is 12.2. The number of anilines is 1. The van der Waals surface area contributed by atoms with Crippen molar-refractivity contribution in [3.63, 3.8) is 0 Å². The standard InChI is InChI=1S/C17H18N2OS/c1-12-6-8-13(9-7-12)10-16(20)19(2)15-5-3-4-14(11-15)17(18)21/h3-9,11H,10H2,1-2H3,(H2,18,21). The molecule has 3 nitrogen and oxygen atoms in total. The van der Waals surface area contributed by atoms with Crippen molar-refractivity contribution >= 4 is 28.8 Å². The Hall–Kier alpha value is -2.20. The number of rotatable bonds is 4. The summed E-state index contributed by atoms with van der Waals surface area (Å²) in [5, 5.41) is 0. The van der Waals surface area contributed by atoms with Crippen molar-refractivity contribution in [2.75, 3.05) is 11.9 Å². The molecule has 0 spiro atoms. The molecule has 0 unspecified atom stereocenters. The highest BCUT2D eigenvalue weighted by atomic mass is 32.1. The summed E-state index contributed by atoms with van der Waals surface area (Å²) in [6, 6.07) is 15.4. The van der Waals surface area contributed by atoms with Gasteiger partial charge < -0.3 is 10.6 Å². The van der Waals surface area contributed by atoms with Crippen LogP contribution in [0.4, 0.5) is 5.69 Å². The molecule has 0 aliphatic heterocycles. The monoisotopic (exact) mass is 298 g/mol. The minimum absolute atomic E-state index is 0.0268. The number of thiocarbonyl (C=S) groups is 1. The summed E-state index contributed by atoms with van der Waals surface area (Å²) in [6.45, 7) is 2.03. The molecule has 2 aromatic rings. The van der Waals surface area contributed by atoms with Gasteiger partial charge in [0.05, 0.1) is 6.42 Å². The molecule has 0 saturated carbocycles. The smallest absolute Gasteiger partial charge is 0.231 e. The summed E-state index contributed by atoms with van der Waals surface area (Å²) in [4.78, 5) is 14.3. The van der Waals surface area contributed by atoms with Crippen molar-refractivity contribution in [1.29, 1.82) is 0 Å². The average Bonchev–Trinajstić information content (AvgIpc) is 2.49. The maximum atomic E-state index is 12.3. The number of benzene rings is 2. The van der Waals surface area contributed by atoms with Crippen molar-refractivity contribution in [2.24, 2.45) is 5.73 Å². The van der Waals surface area contributed by atoms with E-state index in [2.05, 4.69) is 0 Å². The number of carbonyl (C=O) groups excluding carboxylic acids is 1. The molecule has 0 radical (unpaired) electrons. The first-order valence-corrected chi connectivity index (χ1v) is 7.10. The zero-order valence-corrected chi connectivity index (χ0v) is 13.0. The molecule has 4 heteroatoms. The van der Waals surface area contributed by atoms with Gasteiger partial charge in [0.15, 0.2) is 0 Å². The third-order valence-electron chi connectivity index (χ3n) is 3.37. The number of amides is 1. The Morgan fingerprint density at radius 1 is 1.19 bits per heavy atom. The van der Waals surface area contributed by atoms with Crippen LogP contribution >= 0.6 is 12.2 Å². The maximum absolute atomic E-state index is 12.3. The largest absolute Gasteiger partial charge is 0.389 e. The maximum Gasteiger partial charge on any atom is 0.231 e. The lowest BCUT2D eigenvalue weighted by Gasteiger charge is -2.18. The number of hydrogen-bond donors (Lipinski definition) is 1. The summed E-state index contributed by atoms with van der Waals surface area (Å²) < 4.78 is 0. The molecular formula is C17H18N2OS. The van der Waals surface area contributed by atoms with Gasteiger partial charge in [-0.05, 0) is 24.6 Å². The quantitative estimate of drug-likeness (QED) is 0.883. The molecule has 0 atom stereocenters. The number of carbonyl (C=O) groups is 1. The van der Waals surface area contributed by atoms with Crippen molar-refractivity contribution in [3.8, 4) is 0 Å². The molecule has 0 fully saturated rings. The van der Waals surface area contributed by atoms with Crippen LogP contribution in [0.2, 0.25) is 0 Å². The van der Waals surface area contributed by atoms with Gasteiger partial charge in [0, 0.05) is 18.3 Å². The van der Waals surface area contributed by atoms with Crippen LogP contribution < -0.4 is 10.6 Å². The van der Waals surface area contributed by atoms with Crippen LogP contribution in [-0.2, 0) is 11.2 Å². The summed E-state index contributed by atoms with van der Waals surface area (Å²) in [7, 11) is 1.76. The number of nitrogens with two attached hydrogens (primary N) is 1. The number of aryl methyl sites for hydroxylation is 1. The fourth-order valence-corrected chi connectivity index (χ4v) is 2.14. The molecule has 2 aromatic carbocycles. The van der Waals surface area contributed by atoms with Gasteiger partial charge in [-0.2, -0.15) is 0 Å². The fraction of sp³-hybridized carbons (Fsp3) is 0.176. The third-order valence-corrected chi connectivity index (χ3v) is 3.60. The Morgan fingerprint density at radius 3 is 2.48 bits per heavy atom. The van der Waals surface area contributed by atoms with Crippen LogP contribution in [0.25, 0.3) is 0 Å². The molecular weight excluding hydrogens is 280 g/mol. The lowest BCUT2D eigenvalue weighted by atomic mass is 10.1. The van der Waals surface area contributed by atoms with Gasteiger partial charge in [0.1, 0.15) is 4.99 Å². The second kappa shape index (κ2) is 6.50. The highest BCUT2D eigenvalue weighted by Crippen LogP contribution is 2.16. The van der Waals surface area contributed by atoms with Crippen LogP contribution in [0.15, 0.2) is 48.5 Å². The molecule has 0 aromatic heterocycles. The summed E-state index contributed by atoms with van der Waals surface area (Å²) in [5.41, 5.74) is 9.36. The van der Waals surface area contributed by atoms with Crippen LogP contribution in [0.5, 0.6) is 0 Å². The van der Waals surface area contributed by atoms with Gasteiger partial charge in [-0.1, -0.05) is 54.2 Å². The SMILES string of the molecule is Cc1ccc(CC(=O)N(C)c2cccc(C(N)=S)c2)cc1. The summed E-state index contributed by atoms with van der Waals surface area (Å²) in [6.07, 6.45) is 0.369. The molecule has 1 amide bonds. The first-order valence-electron chi connectivity index (χ1n) is 6.69. The molecule has 2 rings (SSSR count). The number of nitrogens with zero attached hydrogens (tertiary/aromatic N) is 1. The predicted molar refractivity (Wildman–Crippen MR) is 90.6 cm³/mol. The molecule has 0 aliphatic rings. The predicted octanol–water partition coefficient (Wildman–Crippen LogP) is 2.83. The zero-order chi connectivity index (χ0) is 15.4. The first-order chi connectivity index (χ1) is 9.97. The molecule has 0 heterocycles. The minimum atomic E-state index is 0.0268. The van der Waals surface area contributed by atoms with Crippen molar-refractivity contribution < 1.29 is 4.79 Å². The van der Waals surface area contributed by atoms with Gasteiger partial charge in [0.25, 0.3) is 0 Å². The van der Waals surface area contributed by atoms with Crippen molar-refractivity contribution in [2.45, 2.75) is 13.3 Å². The Morgan fingerprint density at radius 2 is 1.86 bits per heavy atom. The van der Waals surface area contributed by atoms with E-state index in [0.717, 1.165) is 16.8 Å². The Labute approximate surface area is 130 Å². The van der Waals surface area contributed by atoms with Crippen molar-refractivity contribution in [3.05, 3.63) is 65.2 Å². The van der Waals surface area contributed by atoms with E-state index in [0.29, 0.717) is 11.4 Å². The Balaban J connectivity index is 2.13. The van der Waals surface area contributed by atoms with E-state index in [1.165, 1.54) is 5.56 Å². The first kappa shape index (κ1) is 15.2. The van der Waals surface area contributed by atoms with E-state index < -0.39 is 0 Å². The van der Waals surface area contributed by atoms with Gasteiger partial charge in [-0.3, -0.25) is 4.79 Å². The van der Waals surface area contributed by atoms with Gasteiger partial charge in [0.2, 0.25) is 5.91 Å². The van der Waals surface area contributed by atoms with Crippen LogP contribution in [0.3, 0.4) is 0 Å². The van der Waals surface area contributed by atoms with Gasteiger partial charge in [-0.15, -0.1) is 0 Å².